The van der Waals surface area contributed by atoms with Crippen molar-refractivity contribution < 1.29 is 4.74 Å². The number of hydrogen-bond acceptors (Lipinski definition) is 4. The molecule has 1 aliphatic heterocycles. The zero-order valence-corrected chi connectivity index (χ0v) is 8.51. The number of fused-ring (bicyclic) bond motifs is 1. The summed E-state index contributed by atoms with van der Waals surface area (Å²) in [7, 11) is 3.66. The fraction of sp³-hybridized carbons (Fsp3) is 0.333. The van der Waals surface area contributed by atoms with Crippen LogP contribution in [0.4, 0.5) is 11.4 Å². The van der Waals surface area contributed by atoms with E-state index in [-0.39, 0.29) is 5.50 Å². The van der Waals surface area contributed by atoms with E-state index in [1.165, 1.54) is 0 Å². The summed E-state index contributed by atoms with van der Waals surface area (Å²) in [6.07, 6.45) is 0. The van der Waals surface area contributed by atoms with Crippen LogP contribution in [-0.2, 0) is 0 Å². The maximum Gasteiger partial charge on any atom is 0.145 e. The summed E-state index contributed by atoms with van der Waals surface area (Å²) in [4.78, 5) is 2.06. The summed E-state index contributed by atoms with van der Waals surface area (Å²) >= 11 is 4.37. The van der Waals surface area contributed by atoms with Gasteiger partial charge in [-0.2, -0.15) is 0 Å². The van der Waals surface area contributed by atoms with E-state index in [2.05, 4.69) is 22.8 Å². The number of thiol groups is 1. The van der Waals surface area contributed by atoms with Crippen LogP contribution in [0.5, 0.6) is 5.75 Å². The van der Waals surface area contributed by atoms with Gasteiger partial charge in [-0.1, -0.05) is 0 Å². The second kappa shape index (κ2) is 3.03. The van der Waals surface area contributed by atoms with E-state index in [0.717, 1.165) is 17.1 Å². The van der Waals surface area contributed by atoms with Crippen LogP contribution in [0.3, 0.4) is 0 Å². The van der Waals surface area contributed by atoms with Crippen LogP contribution in [-0.4, -0.2) is 19.7 Å². The molecule has 1 aromatic carbocycles. The van der Waals surface area contributed by atoms with Gasteiger partial charge < -0.3 is 15.0 Å². The van der Waals surface area contributed by atoms with Crippen molar-refractivity contribution in [2.75, 3.05) is 24.4 Å². The van der Waals surface area contributed by atoms with Gasteiger partial charge in [0.2, 0.25) is 0 Å². The Balaban J connectivity index is 2.42. The van der Waals surface area contributed by atoms with Crippen LogP contribution < -0.4 is 15.0 Å². The van der Waals surface area contributed by atoms with Gasteiger partial charge in [-0.05, 0) is 12.1 Å². The number of rotatable bonds is 1. The van der Waals surface area contributed by atoms with Crippen molar-refractivity contribution in [2.45, 2.75) is 5.50 Å². The van der Waals surface area contributed by atoms with E-state index in [0.29, 0.717) is 0 Å². The number of methoxy groups -OCH3 is 1. The van der Waals surface area contributed by atoms with Gasteiger partial charge in [0, 0.05) is 13.1 Å². The van der Waals surface area contributed by atoms with Crippen molar-refractivity contribution in [3.63, 3.8) is 0 Å². The Hall–Kier alpha value is -1.03. The molecule has 3 nitrogen and oxygen atoms in total. The lowest BCUT2D eigenvalue weighted by Crippen LogP contribution is -2.26. The highest BCUT2D eigenvalue weighted by atomic mass is 32.1. The summed E-state index contributed by atoms with van der Waals surface area (Å²) in [6, 6.07) is 5.94. The van der Waals surface area contributed by atoms with Gasteiger partial charge in [-0.15, -0.1) is 12.6 Å². The Bertz CT molecular complexity index is 329. The highest BCUT2D eigenvalue weighted by molar-refractivity contribution is 7.81. The maximum atomic E-state index is 5.14. The molecule has 1 atom stereocenters. The first-order valence-electron chi connectivity index (χ1n) is 4.08. The lowest BCUT2D eigenvalue weighted by molar-refractivity contribution is 0.415. The molecular weight excluding hydrogens is 184 g/mol. The smallest absolute Gasteiger partial charge is 0.145 e. The molecule has 0 amide bonds. The first-order chi connectivity index (χ1) is 6.22. The van der Waals surface area contributed by atoms with Crippen molar-refractivity contribution in [3.05, 3.63) is 18.2 Å². The maximum absolute atomic E-state index is 5.14. The second-order valence-corrected chi connectivity index (χ2v) is 3.50. The van der Waals surface area contributed by atoms with Gasteiger partial charge in [0.1, 0.15) is 11.2 Å². The van der Waals surface area contributed by atoms with E-state index in [1.54, 1.807) is 7.11 Å². The zero-order valence-electron chi connectivity index (χ0n) is 7.61. The Morgan fingerprint density at radius 2 is 2.31 bits per heavy atom. The van der Waals surface area contributed by atoms with Crippen LogP contribution in [0.25, 0.3) is 0 Å². The molecule has 1 aliphatic rings. The predicted octanol–water partition coefficient (Wildman–Crippen LogP) is 1.77. The minimum atomic E-state index is 0.0575. The molecule has 1 unspecified atom stereocenters. The number of nitrogens with one attached hydrogen (secondary N) is 1. The predicted molar refractivity (Wildman–Crippen MR) is 57.8 cm³/mol. The third kappa shape index (κ3) is 1.31. The van der Waals surface area contributed by atoms with Crippen molar-refractivity contribution in [1.82, 2.24) is 0 Å². The van der Waals surface area contributed by atoms with Crippen LogP contribution in [0.15, 0.2) is 18.2 Å². The van der Waals surface area contributed by atoms with E-state index >= 15 is 0 Å². The molecule has 13 heavy (non-hydrogen) atoms. The average Bonchev–Trinajstić information content (AvgIpc) is 2.43. The summed E-state index contributed by atoms with van der Waals surface area (Å²) in [5.41, 5.74) is 2.28. The van der Waals surface area contributed by atoms with E-state index in [4.69, 9.17) is 4.74 Å². The quantitative estimate of drug-likeness (QED) is 0.669. The zero-order chi connectivity index (χ0) is 9.42. The fourth-order valence-corrected chi connectivity index (χ4v) is 1.68. The number of nitrogens with zero attached hydrogens (tertiary/aromatic N) is 1. The lowest BCUT2D eigenvalue weighted by Gasteiger charge is -2.16. The van der Waals surface area contributed by atoms with Crippen molar-refractivity contribution in [3.8, 4) is 5.75 Å². The molecule has 0 saturated heterocycles. The van der Waals surface area contributed by atoms with Crippen LogP contribution in [0.1, 0.15) is 0 Å². The van der Waals surface area contributed by atoms with Gasteiger partial charge >= 0.3 is 0 Å². The fourth-order valence-electron chi connectivity index (χ4n) is 1.42. The first-order valence-corrected chi connectivity index (χ1v) is 4.59. The summed E-state index contributed by atoms with van der Waals surface area (Å²) in [5.74, 6) is 0.870. The van der Waals surface area contributed by atoms with Crippen molar-refractivity contribution in [1.29, 1.82) is 0 Å². The molecule has 0 radical (unpaired) electrons. The molecule has 0 aliphatic carbocycles. The molecule has 0 aromatic heterocycles. The van der Waals surface area contributed by atoms with Crippen LogP contribution in [0, 0.1) is 0 Å². The van der Waals surface area contributed by atoms with Crippen LogP contribution in [0.2, 0.25) is 0 Å². The molecule has 70 valence electrons. The van der Waals surface area contributed by atoms with E-state index in [9.17, 15) is 0 Å². The third-order valence-corrected chi connectivity index (χ3v) is 2.71. The first kappa shape index (κ1) is 8.56. The highest BCUT2D eigenvalue weighted by Gasteiger charge is 2.22. The number of hydrogen-bond donors (Lipinski definition) is 2. The Morgan fingerprint density at radius 1 is 1.54 bits per heavy atom. The topological polar surface area (TPSA) is 24.5 Å². The van der Waals surface area contributed by atoms with Gasteiger partial charge in [-0.25, -0.2) is 0 Å². The number of anilines is 2. The number of ether oxygens (including phenoxy) is 1. The molecule has 0 fully saturated rings. The molecule has 2 rings (SSSR count). The average molecular weight is 196 g/mol. The lowest BCUT2D eigenvalue weighted by atomic mass is 10.2. The minimum Gasteiger partial charge on any atom is -0.497 e. The molecule has 1 N–H and O–H groups in total. The standard InChI is InChI=1S/C9H12N2OS/c1-11-8-5-6(12-2)3-4-7(8)10-9(11)13/h3-5,9-10,13H,1-2H3. The third-order valence-electron chi connectivity index (χ3n) is 2.24. The molecule has 0 spiro atoms. The van der Waals surface area contributed by atoms with Crippen molar-refractivity contribution >= 4 is 24.0 Å². The van der Waals surface area contributed by atoms with Crippen LogP contribution >= 0.6 is 12.6 Å². The van der Waals surface area contributed by atoms with Gasteiger partial charge in [0.25, 0.3) is 0 Å². The molecule has 1 heterocycles. The molecule has 0 bridgehead atoms. The molecule has 4 heteroatoms. The van der Waals surface area contributed by atoms with Gasteiger partial charge in [0.15, 0.2) is 0 Å². The Labute approximate surface area is 83.1 Å². The number of benzene rings is 1. The van der Waals surface area contributed by atoms with E-state index in [1.807, 2.05) is 25.2 Å². The molecule has 1 aromatic rings. The highest BCUT2D eigenvalue weighted by Crippen LogP contribution is 2.36. The normalized spacial score (nSPS) is 19.6. The van der Waals surface area contributed by atoms with Crippen molar-refractivity contribution in [2.24, 2.45) is 0 Å². The summed E-state index contributed by atoms with van der Waals surface area (Å²) in [5, 5.41) is 3.23. The minimum absolute atomic E-state index is 0.0575. The second-order valence-electron chi connectivity index (χ2n) is 3.01. The monoisotopic (exact) mass is 196 g/mol. The van der Waals surface area contributed by atoms with E-state index < -0.39 is 0 Å². The Kier molecular flexibility index (Phi) is 2.00. The summed E-state index contributed by atoms with van der Waals surface area (Å²) < 4.78 is 5.14. The molecule has 0 saturated carbocycles. The van der Waals surface area contributed by atoms with Gasteiger partial charge in [0.05, 0.1) is 18.5 Å². The Morgan fingerprint density at radius 3 is 3.00 bits per heavy atom. The SMILES string of the molecule is COc1ccc2c(c1)N(C)C(S)N2. The summed E-state index contributed by atoms with van der Waals surface area (Å²) in [6.45, 7) is 0. The largest absolute Gasteiger partial charge is 0.497 e. The van der Waals surface area contributed by atoms with Gasteiger partial charge in [-0.3, -0.25) is 0 Å². The molecular formula is C9H12N2OS.